The Morgan fingerprint density at radius 3 is 2.70 bits per heavy atom. The average molecular weight is 453 g/mol. The first-order valence-corrected chi connectivity index (χ1v) is 12.5. The summed E-state index contributed by atoms with van der Waals surface area (Å²) in [5.41, 5.74) is 1.18. The topological polar surface area (TPSA) is 79.0 Å². The second-order valence-corrected chi connectivity index (χ2v) is 10.4. The molecule has 2 bridgehead atoms. The predicted molar refractivity (Wildman–Crippen MR) is 123 cm³/mol. The van der Waals surface area contributed by atoms with Crippen LogP contribution < -0.4 is 5.76 Å². The van der Waals surface area contributed by atoms with E-state index in [-0.39, 0.29) is 12.5 Å². The van der Waals surface area contributed by atoms with Crippen LogP contribution in [0.25, 0.3) is 11.1 Å². The van der Waals surface area contributed by atoms with Gasteiger partial charge in [-0.2, -0.15) is 0 Å². The highest BCUT2D eigenvalue weighted by Gasteiger charge is 2.45. The number of amides is 2. The lowest BCUT2D eigenvalue weighted by molar-refractivity contribution is -0.146. The zero-order valence-electron chi connectivity index (χ0n) is 19.0. The van der Waals surface area contributed by atoms with E-state index >= 15 is 0 Å². The van der Waals surface area contributed by atoms with Crippen LogP contribution in [0.1, 0.15) is 38.5 Å². The Kier molecular flexibility index (Phi) is 5.28. The summed E-state index contributed by atoms with van der Waals surface area (Å²) in [6.07, 6.45) is 6.13. The van der Waals surface area contributed by atoms with E-state index in [0.29, 0.717) is 40.9 Å². The summed E-state index contributed by atoms with van der Waals surface area (Å²) >= 11 is 0. The van der Waals surface area contributed by atoms with Gasteiger partial charge in [-0.25, -0.2) is 4.79 Å². The minimum absolute atomic E-state index is 0.0195. The Labute approximate surface area is 193 Å². The maximum atomic E-state index is 13.0. The number of fused-ring (bicyclic) bond motifs is 5. The molecular formula is C25H32N4O4. The number of benzene rings is 1. The lowest BCUT2D eigenvalue weighted by Gasteiger charge is -2.54. The standard InChI is InChI=1S/C25H32N4O4/c30-23-7-3-5-20-18-12-17(14-28(20)23)13-27(15-18)19-8-10-26(11-9-19)24(31)16-29-21-4-1-2-6-22(21)33-25(29)32/h1-2,4,6,17-20H,3,5,7-16H2/t17-,18-,20-/m1/s1. The summed E-state index contributed by atoms with van der Waals surface area (Å²) in [7, 11) is 0. The molecule has 8 heteroatoms. The molecule has 176 valence electrons. The maximum absolute atomic E-state index is 13.0. The monoisotopic (exact) mass is 452 g/mol. The van der Waals surface area contributed by atoms with E-state index in [1.165, 1.54) is 11.0 Å². The van der Waals surface area contributed by atoms with Crippen LogP contribution in [0.2, 0.25) is 0 Å². The third kappa shape index (κ3) is 3.78. The molecule has 1 aromatic heterocycles. The number of hydrogen-bond acceptors (Lipinski definition) is 5. The van der Waals surface area contributed by atoms with E-state index < -0.39 is 5.76 Å². The summed E-state index contributed by atoms with van der Waals surface area (Å²) in [6.45, 7) is 4.57. The largest absolute Gasteiger partial charge is 0.420 e. The zero-order chi connectivity index (χ0) is 22.5. The third-order valence-electron chi connectivity index (χ3n) is 8.41. The number of carbonyl (C=O) groups is 2. The van der Waals surface area contributed by atoms with E-state index in [9.17, 15) is 14.4 Å². The van der Waals surface area contributed by atoms with Crippen LogP contribution in [0.3, 0.4) is 0 Å². The van der Waals surface area contributed by atoms with Gasteiger partial charge >= 0.3 is 5.76 Å². The SMILES string of the molecule is O=C(Cn1c(=O)oc2ccccc21)N1CCC(N2C[C@H]3C[C@H](C2)[C@H]2CCCC(=O)N2C3)CC1. The van der Waals surface area contributed by atoms with Crippen molar-refractivity contribution in [2.75, 3.05) is 32.7 Å². The van der Waals surface area contributed by atoms with Gasteiger partial charge in [-0.1, -0.05) is 12.1 Å². The van der Waals surface area contributed by atoms with Gasteiger partial charge in [0.25, 0.3) is 0 Å². The van der Waals surface area contributed by atoms with Crippen LogP contribution in [0.15, 0.2) is 33.5 Å². The van der Waals surface area contributed by atoms with Crippen LogP contribution in [0.5, 0.6) is 0 Å². The Bertz CT molecular complexity index is 1120. The van der Waals surface area contributed by atoms with E-state index in [0.717, 1.165) is 64.8 Å². The van der Waals surface area contributed by atoms with E-state index in [2.05, 4.69) is 9.80 Å². The second kappa shape index (κ2) is 8.31. The first-order valence-electron chi connectivity index (χ1n) is 12.5. The summed E-state index contributed by atoms with van der Waals surface area (Å²) < 4.78 is 6.71. The molecule has 0 unspecified atom stereocenters. The fourth-order valence-electron chi connectivity index (χ4n) is 6.83. The number of aromatic nitrogens is 1. The van der Waals surface area contributed by atoms with Crippen molar-refractivity contribution in [2.45, 2.75) is 57.2 Å². The van der Waals surface area contributed by atoms with Crippen molar-refractivity contribution in [3.05, 3.63) is 34.8 Å². The molecule has 8 nitrogen and oxygen atoms in total. The molecule has 4 aliphatic rings. The first-order chi connectivity index (χ1) is 16.1. The van der Waals surface area contributed by atoms with E-state index in [1.54, 1.807) is 6.07 Å². The van der Waals surface area contributed by atoms with Crippen LogP contribution in [-0.4, -0.2) is 75.9 Å². The van der Waals surface area contributed by atoms with Gasteiger partial charge in [0.15, 0.2) is 5.58 Å². The van der Waals surface area contributed by atoms with E-state index in [4.69, 9.17) is 4.42 Å². The Balaban J connectivity index is 1.07. The summed E-state index contributed by atoms with van der Waals surface area (Å²) in [5.74, 6) is 1.06. The number of hydrogen-bond donors (Lipinski definition) is 0. The Morgan fingerprint density at radius 1 is 1.03 bits per heavy atom. The molecule has 0 radical (unpaired) electrons. The molecule has 33 heavy (non-hydrogen) atoms. The Hall–Kier alpha value is -2.61. The molecule has 4 aliphatic heterocycles. The van der Waals surface area contributed by atoms with Crippen LogP contribution in [0, 0.1) is 11.8 Å². The molecule has 0 N–H and O–H groups in total. The minimum atomic E-state index is -0.477. The number of likely N-dealkylation sites (tertiary alicyclic amines) is 2. The fourth-order valence-corrected chi connectivity index (χ4v) is 6.83. The van der Waals surface area contributed by atoms with Crippen molar-refractivity contribution >= 4 is 22.9 Å². The number of carbonyl (C=O) groups excluding carboxylic acids is 2. The van der Waals surface area contributed by atoms with Crippen molar-refractivity contribution < 1.29 is 14.0 Å². The highest BCUT2D eigenvalue weighted by molar-refractivity contribution is 5.79. The van der Waals surface area contributed by atoms with Gasteiger partial charge in [-0.15, -0.1) is 0 Å². The smallest absolute Gasteiger partial charge is 0.408 e. The average Bonchev–Trinajstić information content (AvgIpc) is 3.14. The van der Waals surface area contributed by atoms with Crippen molar-refractivity contribution in [3.63, 3.8) is 0 Å². The molecule has 4 saturated heterocycles. The number of nitrogens with zero attached hydrogens (tertiary/aromatic N) is 4. The number of piperidine rings is 4. The van der Waals surface area contributed by atoms with Gasteiger partial charge in [0.05, 0.1) is 5.52 Å². The molecule has 2 aromatic rings. The van der Waals surface area contributed by atoms with Crippen molar-refractivity contribution in [2.24, 2.45) is 11.8 Å². The second-order valence-electron chi connectivity index (χ2n) is 10.4. The van der Waals surface area contributed by atoms with Crippen molar-refractivity contribution in [1.82, 2.24) is 19.3 Å². The molecule has 0 saturated carbocycles. The van der Waals surface area contributed by atoms with Crippen LogP contribution in [0.4, 0.5) is 0 Å². The molecule has 4 fully saturated rings. The molecule has 2 amide bonds. The first kappa shape index (κ1) is 21.0. The molecule has 5 heterocycles. The predicted octanol–water partition coefficient (Wildman–Crippen LogP) is 1.92. The fraction of sp³-hybridized carbons (Fsp3) is 0.640. The third-order valence-corrected chi connectivity index (χ3v) is 8.41. The molecular weight excluding hydrogens is 420 g/mol. The number of oxazole rings is 1. The van der Waals surface area contributed by atoms with Gasteiger partial charge in [-0.05, 0) is 56.1 Å². The highest BCUT2D eigenvalue weighted by Crippen LogP contribution is 2.39. The number of para-hydroxylation sites is 2. The van der Waals surface area contributed by atoms with Gasteiger partial charge in [-0.3, -0.25) is 19.1 Å². The van der Waals surface area contributed by atoms with Crippen molar-refractivity contribution in [1.29, 1.82) is 0 Å². The van der Waals surface area contributed by atoms with Gasteiger partial charge < -0.3 is 14.2 Å². The summed E-state index contributed by atoms with van der Waals surface area (Å²) in [4.78, 5) is 44.3. The normalized spacial score (nSPS) is 28.8. The van der Waals surface area contributed by atoms with Gasteiger partial charge in [0, 0.05) is 51.2 Å². The number of rotatable bonds is 3. The van der Waals surface area contributed by atoms with Crippen LogP contribution >= 0.6 is 0 Å². The lowest BCUT2D eigenvalue weighted by atomic mass is 9.75. The Morgan fingerprint density at radius 2 is 1.85 bits per heavy atom. The molecule has 3 atom stereocenters. The van der Waals surface area contributed by atoms with Crippen LogP contribution in [-0.2, 0) is 16.1 Å². The summed E-state index contributed by atoms with van der Waals surface area (Å²) in [6, 6.07) is 8.17. The van der Waals surface area contributed by atoms with E-state index in [1.807, 2.05) is 23.1 Å². The quantitative estimate of drug-likeness (QED) is 0.711. The molecule has 0 aliphatic carbocycles. The zero-order valence-corrected chi connectivity index (χ0v) is 19.0. The van der Waals surface area contributed by atoms with Crippen molar-refractivity contribution in [3.8, 4) is 0 Å². The summed E-state index contributed by atoms with van der Waals surface area (Å²) in [5, 5.41) is 0. The minimum Gasteiger partial charge on any atom is -0.408 e. The molecule has 1 aromatic carbocycles. The molecule has 0 spiro atoms. The van der Waals surface area contributed by atoms with Gasteiger partial charge in [0.2, 0.25) is 11.8 Å². The maximum Gasteiger partial charge on any atom is 0.420 e. The molecule has 6 rings (SSSR count). The van der Waals surface area contributed by atoms with Gasteiger partial charge in [0.1, 0.15) is 6.54 Å². The highest BCUT2D eigenvalue weighted by atomic mass is 16.4. The lowest BCUT2D eigenvalue weighted by Crippen LogP contribution is -2.62.